The zero-order valence-corrected chi connectivity index (χ0v) is 15.7. The van der Waals surface area contributed by atoms with Crippen LogP contribution in [-0.4, -0.2) is 12.5 Å². The molecule has 3 rings (SSSR count). The first-order chi connectivity index (χ1) is 12.1. The van der Waals surface area contributed by atoms with E-state index in [0.717, 1.165) is 18.0 Å². The predicted octanol–water partition coefficient (Wildman–Crippen LogP) is 3.83. The quantitative estimate of drug-likeness (QED) is 0.626. The molecule has 0 aliphatic carbocycles. The van der Waals surface area contributed by atoms with Gasteiger partial charge in [-0.3, -0.25) is 4.79 Å². The molecule has 0 fully saturated rings. The Morgan fingerprint density at radius 1 is 1.08 bits per heavy atom. The molecule has 1 aromatic carbocycles. The summed E-state index contributed by atoms with van der Waals surface area (Å²) >= 11 is 9.22. The van der Waals surface area contributed by atoms with Gasteiger partial charge in [-0.1, -0.05) is 23.7 Å². The van der Waals surface area contributed by atoms with Crippen molar-refractivity contribution in [1.82, 2.24) is 0 Å². The number of hydrogen-bond acceptors (Lipinski definition) is 3. The first kappa shape index (κ1) is 18.1. The predicted molar refractivity (Wildman–Crippen MR) is 102 cm³/mol. The van der Waals surface area contributed by atoms with Crippen molar-refractivity contribution < 1.29 is 14.1 Å². The summed E-state index contributed by atoms with van der Waals surface area (Å²) in [5.41, 5.74) is 0.115. The number of hydrogen-bond donors (Lipinski definition) is 2. The molecule has 130 valence electrons. The lowest BCUT2D eigenvalue weighted by Gasteiger charge is -2.18. The van der Waals surface area contributed by atoms with Crippen molar-refractivity contribution in [2.45, 2.75) is 13.1 Å². The van der Waals surface area contributed by atoms with E-state index < -0.39 is 5.82 Å². The van der Waals surface area contributed by atoms with Gasteiger partial charge < -0.3 is 10.2 Å². The van der Waals surface area contributed by atoms with E-state index in [1.54, 1.807) is 22.7 Å². The van der Waals surface area contributed by atoms with Crippen molar-refractivity contribution in [3.05, 3.63) is 73.8 Å². The number of halogens is 2. The fraction of sp³-hybridized carbons (Fsp3) is 0.167. The van der Waals surface area contributed by atoms with Gasteiger partial charge in [0.2, 0.25) is 0 Å². The molecule has 2 heterocycles. The van der Waals surface area contributed by atoms with Gasteiger partial charge in [0.05, 0.1) is 15.4 Å². The van der Waals surface area contributed by atoms with Crippen LogP contribution in [0.15, 0.2) is 53.2 Å². The van der Waals surface area contributed by atoms with Crippen molar-refractivity contribution in [3.63, 3.8) is 0 Å². The van der Waals surface area contributed by atoms with Crippen LogP contribution in [0.3, 0.4) is 0 Å². The summed E-state index contributed by atoms with van der Waals surface area (Å²) in [7, 11) is 0. The number of anilines is 1. The van der Waals surface area contributed by atoms with Gasteiger partial charge in [0.15, 0.2) is 6.54 Å². The monoisotopic (exact) mass is 395 g/mol. The summed E-state index contributed by atoms with van der Waals surface area (Å²) in [5.74, 6) is -0.722. The molecule has 0 saturated heterocycles. The Morgan fingerprint density at radius 2 is 1.72 bits per heavy atom. The van der Waals surface area contributed by atoms with Crippen LogP contribution >= 0.6 is 34.3 Å². The van der Waals surface area contributed by atoms with Crippen LogP contribution < -0.4 is 10.2 Å². The molecule has 0 atom stereocenters. The van der Waals surface area contributed by atoms with Crippen LogP contribution in [0, 0.1) is 5.82 Å². The number of carbonyl (C=O) groups excluding carboxylic acids is 1. The van der Waals surface area contributed by atoms with Gasteiger partial charge in [0.1, 0.15) is 18.9 Å². The Morgan fingerprint density at radius 3 is 2.28 bits per heavy atom. The third-order valence-corrected chi connectivity index (χ3v) is 5.61. The highest BCUT2D eigenvalue weighted by Crippen LogP contribution is 2.19. The number of quaternary nitrogens is 1. The lowest BCUT2D eigenvalue weighted by molar-refractivity contribution is -0.918. The number of rotatable bonds is 7. The van der Waals surface area contributed by atoms with Crippen molar-refractivity contribution in [2.75, 3.05) is 11.9 Å². The Hall–Kier alpha value is -1.73. The number of amides is 1. The zero-order valence-electron chi connectivity index (χ0n) is 13.3. The third-order valence-electron chi connectivity index (χ3n) is 3.62. The smallest absolute Gasteiger partial charge is 0.279 e. The molecule has 2 N–H and O–H groups in total. The van der Waals surface area contributed by atoms with E-state index in [9.17, 15) is 9.18 Å². The molecule has 2 aromatic heterocycles. The molecule has 0 aliphatic rings. The van der Waals surface area contributed by atoms with E-state index in [1.165, 1.54) is 28.0 Å². The summed E-state index contributed by atoms with van der Waals surface area (Å²) < 4.78 is 13.8. The molecular weight excluding hydrogens is 379 g/mol. The Labute approximate surface area is 158 Å². The molecule has 0 aliphatic heterocycles. The van der Waals surface area contributed by atoms with Gasteiger partial charge in [-0.15, -0.1) is 22.7 Å². The van der Waals surface area contributed by atoms with Crippen LogP contribution in [0.5, 0.6) is 0 Å². The molecule has 0 radical (unpaired) electrons. The molecule has 3 aromatic rings. The molecule has 0 bridgehead atoms. The van der Waals surface area contributed by atoms with E-state index in [2.05, 4.69) is 17.4 Å². The number of benzene rings is 1. The van der Waals surface area contributed by atoms with Crippen LogP contribution in [0.1, 0.15) is 9.75 Å². The summed E-state index contributed by atoms with van der Waals surface area (Å²) in [6, 6.07) is 12.3. The number of nitrogens with one attached hydrogen (secondary N) is 2. The molecular formula is C18H17ClFN2OS2+. The molecule has 25 heavy (non-hydrogen) atoms. The van der Waals surface area contributed by atoms with Crippen molar-refractivity contribution >= 4 is 45.9 Å². The topological polar surface area (TPSA) is 33.5 Å². The van der Waals surface area contributed by atoms with E-state index in [4.69, 9.17) is 11.6 Å². The van der Waals surface area contributed by atoms with Crippen molar-refractivity contribution in [2.24, 2.45) is 0 Å². The van der Waals surface area contributed by atoms with Crippen LogP contribution in [-0.2, 0) is 17.9 Å². The second kappa shape index (κ2) is 8.58. The zero-order chi connectivity index (χ0) is 17.6. The Kier molecular flexibility index (Phi) is 6.20. The maximum atomic E-state index is 13.8. The van der Waals surface area contributed by atoms with E-state index in [-0.39, 0.29) is 18.1 Å². The van der Waals surface area contributed by atoms with Crippen molar-refractivity contribution in [3.8, 4) is 0 Å². The standard InChI is InChI=1S/C18H16ClFN2OS2/c19-13-5-6-16(20)17(9-13)21-18(23)12-22(10-14-3-1-7-24-14)11-15-4-2-8-25-15/h1-9H,10-12H2,(H,21,23)/p+1. The normalized spacial score (nSPS) is 11.0. The molecule has 0 saturated carbocycles. The molecule has 0 spiro atoms. The highest BCUT2D eigenvalue weighted by molar-refractivity contribution is 7.10. The fourth-order valence-electron chi connectivity index (χ4n) is 2.52. The summed E-state index contributed by atoms with van der Waals surface area (Å²) in [6.07, 6.45) is 0. The fourth-order valence-corrected chi connectivity index (χ4v) is 4.25. The second-order valence-electron chi connectivity index (χ2n) is 5.61. The van der Waals surface area contributed by atoms with Gasteiger partial charge in [-0.2, -0.15) is 0 Å². The molecule has 7 heteroatoms. The van der Waals surface area contributed by atoms with Crippen molar-refractivity contribution in [1.29, 1.82) is 0 Å². The van der Waals surface area contributed by atoms with Gasteiger partial charge in [-0.05, 0) is 41.1 Å². The molecule has 0 unspecified atom stereocenters. The average Bonchev–Trinajstić information content (AvgIpc) is 3.25. The largest absolute Gasteiger partial charge is 0.319 e. The maximum absolute atomic E-state index is 13.8. The second-order valence-corrected chi connectivity index (χ2v) is 8.11. The minimum absolute atomic E-state index is 0.115. The van der Waals surface area contributed by atoms with Crippen LogP contribution in [0.4, 0.5) is 10.1 Å². The van der Waals surface area contributed by atoms with Gasteiger partial charge in [0.25, 0.3) is 5.91 Å². The first-order valence-electron chi connectivity index (χ1n) is 7.73. The number of carbonyl (C=O) groups is 1. The highest BCUT2D eigenvalue weighted by atomic mass is 35.5. The highest BCUT2D eigenvalue weighted by Gasteiger charge is 2.18. The Balaban J connectivity index is 1.67. The third kappa shape index (κ3) is 5.37. The molecule has 3 nitrogen and oxygen atoms in total. The Bertz CT molecular complexity index is 785. The van der Waals surface area contributed by atoms with Gasteiger partial charge in [-0.25, -0.2) is 4.39 Å². The molecule has 1 amide bonds. The van der Waals surface area contributed by atoms with Gasteiger partial charge >= 0.3 is 0 Å². The van der Waals surface area contributed by atoms with E-state index in [1.807, 2.05) is 22.9 Å². The minimum atomic E-state index is -0.490. The maximum Gasteiger partial charge on any atom is 0.279 e. The lowest BCUT2D eigenvalue weighted by Crippen LogP contribution is -3.10. The first-order valence-corrected chi connectivity index (χ1v) is 9.87. The SMILES string of the molecule is O=C(C[NH+](Cc1cccs1)Cc1cccs1)Nc1cc(Cl)ccc1F. The minimum Gasteiger partial charge on any atom is -0.319 e. The summed E-state index contributed by atoms with van der Waals surface area (Å²) in [4.78, 5) is 15.9. The van der Waals surface area contributed by atoms with Gasteiger partial charge in [0, 0.05) is 5.02 Å². The van der Waals surface area contributed by atoms with Crippen LogP contribution in [0.25, 0.3) is 0 Å². The van der Waals surface area contributed by atoms with Crippen LogP contribution in [0.2, 0.25) is 5.02 Å². The average molecular weight is 396 g/mol. The summed E-state index contributed by atoms with van der Waals surface area (Å²) in [6.45, 7) is 1.75. The summed E-state index contributed by atoms with van der Waals surface area (Å²) in [5, 5.41) is 7.07. The lowest BCUT2D eigenvalue weighted by atomic mass is 10.3. The van der Waals surface area contributed by atoms with E-state index in [0.29, 0.717) is 5.02 Å². The number of thiophene rings is 2. The van der Waals surface area contributed by atoms with E-state index >= 15 is 0 Å².